The van der Waals surface area contributed by atoms with Crippen molar-refractivity contribution >= 4 is 23.1 Å². The molecular weight excluding hydrogens is 311 g/mol. The summed E-state index contributed by atoms with van der Waals surface area (Å²) in [7, 11) is 1.30. The summed E-state index contributed by atoms with van der Waals surface area (Å²) in [4.78, 5) is 15.9. The molecule has 0 saturated carbocycles. The fraction of sp³-hybridized carbons (Fsp3) is 0.176. The van der Waals surface area contributed by atoms with Crippen molar-refractivity contribution < 1.29 is 13.9 Å². The molecule has 0 aliphatic carbocycles. The fourth-order valence-electron chi connectivity index (χ4n) is 2.28. The van der Waals surface area contributed by atoms with E-state index in [1.54, 1.807) is 6.07 Å². The summed E-state index contributed by atoms with van der Waals surface area (Å²) in [6.07, 6.45) is 1.19. The van der Waals surface area contributed by atoms with Crippen LogP contribution in [0.2, 0.25) is 0 Å². The number of imidazole rings is 1. The Bertz CT molecular complexity index is 933. The maximum Gasteiger partial charge on any atom is 0.311 e. The van der Waals surface area contributed by atoms with E-state index in [0.29, 0.717) is 22.8 Å². The molecule has 0 aliphatic rings. The molecule has 6 nitrogen and oxygen atoms in total. The highest BCUT2D eigenvalue weighted by Gasteiger charge is 2.16. The zero-order valence-electron chi connectivity index (χ0n) is 13.2. The maximum atomic E-state index is 13.6. The summed E-state index contributed by atoms with van der Waals surface area (Å²) in [5.74, 6) is -0.584. The van der Waals surface area contributed by atoms with Gasteiger partial charge in [-0.1, -0.05) is 12.1 Å². The number of azo groups is 1. The van der Waals surface area contributed by atoms with E-state index in [-0.39, 0.29) is 6.42 Å². The lowest BCUT2D eigenvalue weighted by Crippen LogP contribution is -2.04. The average molecular weight is 326 g/mol. The lowest BCUT2D eigenvalue weighted by atomic mass is 10.2. The van der Waals surface area contributed by atoms with E-state index >= 15 is 0 Å². The number of hydrogen-bond donors (Lipinski definition) is 0. The molecule has 0 fully saturated rings. The second kappa shape index (κ2) is 6.57. The molecule has 0 spiro atoms. The molecular formula is C17H15FN4O2. The van der Waals surface area contributed by atoms with Gasteiger partial charge in [0, 0.05) is 6.20 Å². The summed E-state index contributed by atoms with van der Waals surface area (Å²) < 4.78 is 19.7. The highest BCUT2D eigenvalue weighted by atomic mass is 19.1. The number of halogens is 1. The molecule has 0 radical (unpaired) electrons. The smallest absolute Gasteiger partial charge is 0.311 e. The number of rotatable bonds is 4. The minimum absolute atomic E-state index is 0.0675. The van der Waals surface area contributed by atoms with Crippen molar-refractivity contribution in [1.29, 1.82) is 0 Å². The number of nitrogens with zero attached hydrogens (tertiary/aromatic N) is 4. The average Bonchev–Trinajstić information content (AvgIpc) is 2.89. The van der Waals surface area contributed by atoms with Gasteiger partial charge in [-0.15, -0.1) is 10.2 Å². The van der Waals surface area contributed by atoms with Crippen LogP contribution in [0.25, 0.3) is 5.65 Å². The van der Waals surface area contributed by atoms with Crippen LogP contribution in [0, 0.1) is 12.7 Å². The predicted octanol–water partition coefficient (Wildman–Crippen LogP) is 3.91. The largest absolute Gasteiger partial charge is 0.469 e. The van der Waals surface area contributed by atoms with Gasteiger partial charge >= 0.3 is 5.97 Å². The number of methoxy groups -OCH3 is 1. The van der Waals surface area contributed by atoms with E-state index in [0.717, 1.165) is 5.56 Å². The molecule has 0 aliphatic heterocycles. The van der Waals surface area contributed by atoms with Crippen molar-refractivity contribution in [3.05, 3.63) is 59.7 Å². The van der Waals surface area contributed by atoms with Crippen molar-refractivity contribution in [2.75, 3.05) is 7.11 Å². The van der Waals surface area contributed by atoms with Crippen LogP contribution in [0.1, 0.15) is 11.3 Å². The summed E-state index contributed by atoms with van der Waals surface area (Å²) in [5.41, 5.74) is 2.56. The molecule has 3 aromatic rings. The fourth-order valence-corrected chi connectivity index (χ4v) is 2.28. The number of aromatic nitrogens is 2. The molecule has 3 rings (SSSR count). The van der Waals surface area contributed by atoms with Crippen LogP contribution >= 0.6 is 0 Å². The van der Waals surface area contributed by atoms with Gasteiger partial charge in [0.05, 0.1) is 24.9 Å². The number of carbonyl (C=O) groups is 1. The summed E-state index contributed by atoms with van der Waals surface area (Å²) in [6.45, 7) is 1.95. The Morgan fingerprint density at radius 3 is 2.88 bits per heavy atom. The molecule has 0 saturated heterocycles. The van der Waals surface area contributed by atoms with Crippen LogP contribution < -0.4 is 0 Å². The third-order valence-electron chi connectivity index (χ3n) is 3.43. The van der Waals surface area contributed by atoms with Crippen molar-refractivity contribution in [2.24, 2.45) is 10.2 Å². The number of hydrogen-bond acceptors (Lipinski definition) is 5. The molecule has 7 heteroatoms. The summed E-state index contributed by atoms with van der Waals surface area (Å²) >= 11 is 0. The SMILES string of the molecule is COC(=O)Cc1nc2ccc(F)cn2c1N=Nc1cccc(C)c1. The molecule has 0 amide bonds. The topological polar surface area (TPSA) is 68.3 Å². The molecule has 0 bridgehead atoms. The number of pyridine rings is 1. The number of aryl methyl sites for hydroxylation is 1. The Labute approximate surface area is 137 Å². The lowest BCUT2D eigenvalue weighted by molar-refractivity contribution is -0.139. The first kappa shape index (κ1) is 15.8. The zero-order chi connectivity index (χ0) is 17.1. The van der Waals surface area contributed by atoms with Crippen molar-refractivity contribution in [3.8, 4) is 0 Å². The molecule has 1 aromatic carbocycles. The number of esters is 1. The van der Waals surface area contributed by atoms with Crippen LogP contribution in [0.15, 0.2) is 52.8 Å². The molecule has 2 heterocycles. The Balaban J connectivity index is 2.07. The predicted molar refractivity (Wildman–Crippen MR) is 86.2 cm³/mol. The van der Waals surface area contributed by atoms with E-state index in [1.165, 1.54) is 29.8 Å². The van der Waals surface area contributed by atoms with E-state index in [9.17, 15) is 9.18 Å². The van der Waals surface area contributed by atoms with Gasteiger partial charge in [-0.05, 0) is 36.8 Å². The highest BCUT2D eigenvalue weighted by Crippen LogP contribution is 2.25. The summed E-state index contributed by atoms with van der Waals surface area (Å²) in [6, 6.07) is 10.3. The number of benzene rings is 1. The third kappa shape index (κ3) is 3.29. The quantitative estimate of drug-likeness (QED) is 0.539. The van der Waals surface area contributed by atoms with E-state index in [1.807, 2.05) is 25.1 Å². The van der Waals surface area contributed by atoms with Crippen molar-refractivity contribution in [1.82, 2.24) is 9.38 Å². The zero-order valence-corrected chi connectivity index (χ0v) is 13.2. The molecule has 24 heavy (non-hydrogen) atoms. The van der Waals surface area contributed by atoms with E-state index < -0.39 is 11.8 Å². The highest BCUT2D eigenvalue weighted by molar-refractivity contribution is 5.74. The third-order valence-corrected chi connectivity index (χ3v) is 3.43. The van der Waals surface area contributed by atoms with Gasteiger partial charge in [0.15, 0.2) is 5.82 Å². The van der Waals surface area contributed by atoms with Gasteiger partial charge in [0.1, 0.15) is 11.5 Å². The Morgan fingerprint density at radius 1 is 1.29 bits per heavy atom. The van der Waals surface area contributed by atoms with Gasteiger partial charge < -0.3 is 4.74 Å². The van der Waals surface area contributed by atoms with Crippen LogP contribution in [-0.2, 0) is 16.0 Å². The van der Waals surface area contributed by atoms with E-state index in [4.69, 9.17) is 0 Å². The summed E-state index contributed by atoms with van der Waals surface area (Å²) in [5, 5.41) is 8.36. The molecule has 0 unspecified atom stereocenters. The first-order chi connectivity index (χ1) is 11.6. The van der Waals surface area contributed by atoms with Crippen LogP contribution in [0.5, 0.6) is 0 Å². The number of ether oxygens (including phenoxy) is 1. The molecule has 0 atom stereocenters. The molecule has 0 N–H and O–H groups in total. The normalized spacial score (nSPS) is 11.3. The molecule has 122 valence electrons. The van der Waals surface area contributed by atoms with Gasteiger partial charge in [-0.2, -0.15) is 0 Å². The first-order valence-electron chi connectivity index (χ1n) is 7.28. The standard InChI is InChI=1S/C17H15FN4O2/c1-11-4-3-5-13(8-11)20-21-17-14(9-16(23)24-2)19-15-7-6-12(18)10-22(15)17/h3-8,10H,9H2,1-2H3. The number of carbonyl (C=O) groups excluding carboxylic acids is 1. The van der Waals surface area contributed by atoms with Gasteiger partial charge in [-0.25, -0.2) is 9.37 Å². The van der Waals surface area contributed by atoms with Crippen LogP contribution in [0.3, 0.4) is 0 Å². The number of fused-ring (bicyclic) bond motifs is 1. The Morgan fingerprint density at radius 2 is 2.12 bits per heavy atom. The Kier molecular flexibility index (Phi) is 4.33. The van der Waals surface area contributed by atoms with E-state index in [2.05, 4.69) is 19.9 Å². The van der Waals surface area contributed by atoms with Gasteiger partial charge in [0.25, 0.3) is 0 Å². The van der Waals surface area contributed by atoms with Crippen LogP contribution in [-0.4, -0.2) is 22.5 Å². The van der Waals surface area contributed by atoms with Gasteiger partial charge in [-0.3, -0.25) is 9.20 Å². The monoisotopic (exact) mass is 326 g/mol. The second-order valence-corrected chi connectivity index (χ2v) is 5.25. The minimum Gasteiger partial charge on any atom is -0.469 e. The van der Waals surface area contributed by atoms with Crippen LogP contribution in [0.4, 0.5) is 15.9 Å². The first-order valence-corrected chi connectivity index (χ1v) is 7.28. The maximum absolute atomic E-state index is 13.6. The van der Waals surface area contributed by atoms with Crippen molar-refractivity contribution in [3.63, 3.8) is 0 Å². The Hall–Kier alpha value is -3.09. The minimum atomic E-state index is -0.453. The lowest BCUT2D eigenvalue weighted by Gasteiger charge is -1.99. The molecule has 2 aromatic heterocycles. The second-order valence-electron chi connectivity index (χ2n) is 5.25. The van der Waals surface area contributed by atoms with Gasteiger partial charge in [0.2, 0.25) is 0 Å². The van der Waals surface area contributed by atoms with Crippen molar-refractivity contribution in [2.45, 2.75) is 13.3 Å².